The van der Waals surface area contributed by atoms with E-state index in [4.69, 9.17) is 30.1 Å². The number of carbonyl (C=O) groups excluding carboxylic acids is 1. The summed E-state index contributed by atoms with van der Waals surface area (Å²) < 4.78 is 13.6. The molecule has 12 heteroatoms. The van der Waals surface area contributed by atoms with Crippen LogP contribution in [0, 0.1) is 5.82 Å². The van der Waals surface area contributed by atoms with E-state index in [9.17, 15) is 14.3 Å². The largest absolute Gasteiger partial charge is 2.00 e. The van der Waals surface area contributed by atoms with Gasteiger partial charge in [-0.3, -0.25) is 14.5 Å². The number of rotatable bonds is 13. The molecule has 2 unspecified atom stereocenters. The Balaban J connectivity index is 0.00000342. The molecular formula is C25H34FN4O4ReS2-5. The van der Waals surface area contributed by atoms with Crippen LogP contribution in [0.4, 0.5) is 4.39 Å². The number of hydrogen-bond acceptors (Lipinski definition) is 8. The fourth-order valence-electron chi connectivity index (χ4n) is 5.09. The monoisotopic (exact) mass is 724 g/mol. The van der Waals surface area contributed by atoms with E-state index in [1.807, 2.05) is 0 Å². The Labute approximate surface area is 244 Å². The maximum Gasteiger partial charge on any atom is 0.274 e. The summed E-state index contributed by atoms with van der Waals surface area (Å²) >= 11 is 10.0. The maximum atomic E-state index is 13.6. The SMILES string of the molecule is CON(C)C(=O)C1=C(c2ccc(F)cc2)CC2CCC1N2CCCN(CC[S-])CC([O-])=NCC[S-].[O-2].[Re]. The van der Waals surface area contributed by atoms with Crippen LogP contribution in [-0.4, -0.2) is 97.1 Å². The molecule has 2 atom stereocenters. The quantitative estimate of drug-likeness (QED) is 0.131. The van der Waals surface area contributed by atoms with Gasteiger partial charge in [-0.25, -0.2) is 9.45 Å². The number of carbonyl (C=O) groups is 1. The van der Waals surface area contributed by atoms with E-state index in [1.165, 1.54) is 24.3 Å². The van der Waals surface area contributed by atoms with E-state index in [0.29, 0.717) is 30.6 Å². The molecule has 8 nitrogen and oxygen atoms in total. The molecule has 0 aromatic heterocycles. The fraction of sp³-hybridized carbons (Fsp3) is 0.600. The van der Waals surface area contributed by atoms with Crippen molar-refractivity contribution in [2.24, 2.45) is 4.99 Å². The standard InChI is InChI=1S/C25H37FN4O3S2.O.Re/c1-28(33-2)25(32)24-21(18-4-6-19(26)7-5-18)16-20-8-9-22(24)30(20)12-3-11-29(13-15-35)17-23(31)27-10-14-34;;/h4-7,20,22,34-35H,3,8-17H2,1-2H3,(H,27,31);;/q;-2;/p-3. The molecule has 1 fully saturated rings. The van der Waals surface area contributed by atoms with Gasteiger partial charge in [-0.15, -0.1) is 0 Å². The summed E-state index contributed by atoms with van der Waals surface area (Å²) in [7, 11) is 3.09. The molecule has 0 spiro atoms. The third-order valence-electron chi connectivity index (χ3n) is 6.76. The molecule has 0 saturated carbocycles. The summed E-state index contributed by atoms with van der Waals surface area (Å²) in [6, 6.07) is 6.68. The first-order valence-electron chi connectivity index (χ1n) is 12.0. The Kier molecular flexibility index (Phi) is 15.5. The molecule has 2 bridgehead atoms. The Morgan fingerprint density at radius 1 is 1.22 bits per heavy atom. The van der Waals surface area contributed by atoms with Gasteiger partial charge < -0.3 is 45.7 Å². The predicted molar refractivity (Wildman–Crippen MR) is 140 cm³/mol. The number of nitrogens with zero attached hydrogens (tertiary/aromatic N) is 4. The van der Waals surface area contributed by atoms with Crippen LogP contribution in [0.2, 0.25) is 0 Å². The van der Waals surface area contributed by atoms with Crippen LogP contribution in [0.1, 0.15) is 31.2 Å². The summed E-state index contributed by atoms with van der Waals surface area (Å²) in [6.07, 6.45) is 3.47. The zero-order chi connectivity index (χ0) is 25.4. The number of benzene rings is 1. The van der Waals surface area contributed by atoms with Gasteiger partial charge in [-0.1, -0.05) is 12.1 Å². The normalized spacial score (nSPS) is 19.6. The molecule has 2 aliphatic heterocycles. The number of hydrogen-bond donors (Lipinski definition) is 0. The first-order chi connectivity index (χ1) is 16.9. The average molecular weight is 724 g/mol. The minimum atomic E-state index is -0.296. The van der Waals surface area contributed by atoms with E-state index >= 15 is 0 Å². The van der Waals surface area contributed by atoms with Gasteiger partial charge in [0.05, 0.1) is 7.11 Å². The number of likely N-dealkylation sites (N-methyl/N-ethyl adjacent to an activating group) is 1. The van der Waals surface area contributed by atoms with Crippen LogP contribution in [0.15, 0.2) is 34.8 Å². The number of halogens is 1. The van der Waals surface area contributed by atoms with Crippen LogP contribution >= 0.6 is 0 Å². The second kappa shape index (κ2) is 16.9. The van der Waals surface area contributed by atoms with Crippen molar-refractivity contribution in [2.45, 2.75) is 37.8 Å². The van der Waals surface area contributed by atoms with Crippen molar-refractivity contribution in [3.63, 3.8) is 0 Å². The second-order valence-electron chi connectivity index (χ2n) is 8.89. The summed E-state index contributed by atoms with van der Waals surface area (Å²) in [6.45, 7) is 2.84. The molecule has 2 heterocycles. The predicted octanol–water partition coefficient (Wildman–Crippen LogP) is 1.26. The van der Waals surface area contributed by atoms with Crippen LogP contribution in [0.5, 0.6) is 0 Å². The zero-order valence-electron chi connectivity index (χ0n) is 21.2. The smallest absolute Gasteiger partial charge is 0.274 e. The Bertz CT molecular complexity index is 922. The Morgan fingerprint density at radius 3 is 2.54 bits per heavy atom. The number of hydroxylamine groups is 2. The topological polar surface area (TPSA) is 99.9 Å². The van der Waals surface area contributed by atoms with E-state index in [1.54, 1.807) is 19.2 Å². The molecule has 3 rings (SSSR count). The Hall–Kier alpha value is -0.968. The fourth-order valence-corrected chi connectivity index (χ4v) is 5.44. The minimum Gasteiger partial charge on any atom is -2.00 e. The third-order valence-corrected chi connectivity index (χ3v) is 7.13. The van der Waals surface area contributed by atoms with E-state index in [0.717, 1.165) is 55.5 Å². The molecule has 1 aromatic rings. The number of amides is 1. The van der Waals surface area contributed by atoms with Gasteiger partial charge >= 0.3 is 0 Å². The molecule has 1 radical (unpaired) electrons. The van der Waals surface area contributed by atoms with Crippen LogP contribution < -0.4 is 5.11 Å². The number of aliphatic imine (C=N–C) groups is 1. The van der Waals surface area contributed by atoms with Crippen LogP contribution in [-0.2, 0) is 60.8 Å². The minimum absolute atomic E-state index is 0. The first kappa shape index (κ1) is 34.1. The molecule has 0 aliphatic carbocycles. The van der Waals surface area contributed by atoms with Crippen molar-refractivity contribution in [3.8, 4) is 0 Å². The zero-order valence-corrected chi connectivity index (χ0v) is 25.6. The molecular weight excluding hydrogens is 690 g/mol. The molecule has 209 valence electrons. The van der Waals surface area contributed by atoms with Gasteiger partial charge in [0.15, 0.2) is 0 Å². The molecule has 1 amide bonds. The molecule has 2 aliphatic rings. The van der Waals surface area contributed by atoms with Gasteiger partial charge in [0, 0.05) is 64.8 Å². The molecule has 1 saturated heterocycles. The van der Waals surface area contributed by atoms with Gasteiger partial charge in [0.2, 0.25) is 0 Å². The second-order valence-corrected chi connectivity index (χ2v) is 9.70. The molecule has 37 heavy (non-hydrogen) atoms. The maximum absolute atomic E-state index is 13.6. The van der Waals surface area contributed by atoms with Crippen molar-refractivity contribution in [2.75, 3.05) is 58.4 Å². The number of fused-ring (bicyclic) bond motifs is 2. The summed E-state index contributed by atoms with van der Waals surface area (Å²) in [5.41, 5.74) is 2.59. The Morgan fingerprint density at radius 2 is 1.92 bits per heavy atom. The van der Waals surface area contributed by atoms with Gasteiger partial charge in [0.1, 0.15) is 5.82 Å². The third kappa shape index (κ3) is 9.04. The van der Waals surface area contributed by atoms with Crippen molar-refractivity contribution in [1.29, 1.82) is 0 Å². The van der Waals surface area contributed by atoms with Gasteiger partial charge in [-0.05, 0) is 67.9 Å². The first-order valence-corrected chi connectivity index (χ1v) is 13.2. The van der Waals surface area contributed by atoms with Crippen molar-refractivity contribution < 1.29 is 45.0 Å². The van der Waals surface area contributed by atoms with Crippen LogP contribution in [0.3, 0.4) is 0 Å². The summed E-state index contributed by atoms with van der Waals surface area (Å²) in [5, 5.41) is 13.3. The van der Waals surface area contributed by atoms with E-state index in [2.05, 4.69) is 14.8 Å². The molecule has 1 aromatic carbocycles. The van der Waals surface area contributed by atoms with Gasteiger partial charge in [-0.2, -0.15) is 11.5 Å². The average Bonchev–Trinajstić information content (AvgIpc) is 3.12. The van der Waals surface area contributed by atoms with Crippen molar-refractivity contribution in [3.05, 3.63) is 41.2 Å². The molecule has 0 N–H and O–H groups in total. The summed E-state index contributed by atoms with van der Waals surface area (Å²) in [5.74, 6) is 0.380. The van der Waals surface area contributed by atoms with Crippen molar-refractivity contribution in [1.82, 2.24) is 14.9 Å². The van der Waals surface area contributed by atoms with Gasteiger partial charge in [0.25, 0.3) is 5.91 Å². The van der Waals surface area contributed by atoms with E-state index in [-0.39, 0.29) is 56.1 Å². The van der Waals surface area contributed by atoms with E-state index < -0.39 is 0 Å². The van der Waals surface area contributed by atoms with Crippen LogP contribution in [0.25, 0.3) is 5.57 Å². The van der Waals surface area contributed by atoms with Crippen molar-refractivity contribution >= 4 is 42.6 Å². The summed E-state index contributed by atoms with van der Waals surface area (Å²) in [4.78, 5) is 27.0.